The molecule has 0 rings (SSSR count). The number of hydrogen-bond donors (Lipinski definition) is 3. The highest BCUT2D eigenvalue weighted by molar-refractivity contribution is 5.75. The summed E-state index contributed by atoms with van der Waals surface area (Å²) in [6.45, 7) is 0.566. The van der Waals surface area contributed by atoms with Crippen LogP contribution in [0.15, 0.2) is 4.99 Å². The average Bonchev–Trinajstić information content (AvgIpc) is 2.15. The van der Waals surface area contributed by atoms with Crippen LogP contribution in [0.3, 0.4) is 0 Å². The Bertz CT molecular complexity index is 202. The van der Waals surface area contributed by atoms with Gasteiger partial charge in [0.15, 0.2) is 5.96 Å². The van der Waals surface area contributed by atoms with Gasteiger partial charge in [0.05, 0.1) is 7.11 Å². The van der Waals surface area contributed by atoms with Crippen molar-refractivity contribution < 1.29 is 9.53 Å². The predicted molar refractivity (Wildman–Crippen MR) is 54.5 cm³/mol. The molecule has 0 aromatic rings. The molecular formula is C8H18N4O2. The third-order valence-electron chi connectivity index (χ3n) is 1.72. The molecule has 0 amide bonds. The van der Waals surface area contributed by atoms with Gasteiger partial charge in [0.1, 0.15) is 6.04 Å². The quantitative estimate of drug-likeness (QED) is 0.219. The SMILES string of the molecule is COC(=O)[C@@H](N)CCCCN=C(N)N. The van der Waals surface area contributed by atoms with E-state index in [1.807, 2.05) is 0 Å². The van der Waals surface area contributed by atoms with Crippen LogP contribution < -0.4 is 17.2 Å². The van der Waals surface area contributed by atoms with Crippen molar-refractivity contribution in [3.8, 4) is 0 Å². The van der Waals surface area contributed by atoms with Crippen LogP contribution in [0.2, 0.25) is 0 Å². The van der Waals surface area contributed by atoms with Crippen molar-refractivity contribution in [1.29, 1.82) is 0 Å². The van der Waals surface area contributed by atoms with Gasteiger partial charge in [0.2, 0.25) is 0 Å². The Morgan fingerprint density at radius 2 is 2.07 bits per heavy atom. The Labute approximate surface area is 83.5 Å². The Hall–Kier alpha value is -1.30. The second kappa shape index (κ2) is 7.14. The van der Waals surface area contributed by atoms with E-state index in [4.69, 9.17) is 17.2 Å². The van der Waals surface area contributed by atoms with Gasteiger partial charge in [-0.1, -0.05) is 0 Å². The molecule has 0 fully saturated rings. The Morgan fingerprint density at radius 3 is 2.57 bits per heavy atom. The Kier molecular flexibility index (Phi) is 6.47. The van der Waals surface area contributed by atoms with Crippen molar-refractivity contribution in [2.24, 2.45) is 22.2 Å². The lowest BCUT2D eigenvalue weighted by atomic mass is 10.1. The number of ether oxygens (including phenoxy) is 1. The van der Waals surface area contributed by atoms with E-state index in [1.165, 1.54) is 7.11 Å². The van der Waals surface area contributed by atoms with E-state index >= 15 is 0 Å². The van der Waals surface area contributed by atoms with Gasteiger partial charge in [0, 0.05) is 6.54 Å². The van der Waals surface area contributed by atoms with Crippen molar-refractivity contribution in [3.05, 3.63) is 0 Å². The molecule has 0 saturated carbocycles. The normalized spacial score (nSPS) is 11.9. The maximum atomic E-state index is 10.9. The molecule has 6 nitrogen and oxygen atoms in total. The van der Waals surface area contributed by atoms with E-state index in [2.05, 4.69) is 9.73 Å². The third-order valence-corrected chi connectivity index (χ3v) is 1.72. The van der Waals surface area contributed by atoms with Crippen molar-refractivity contribution in [1.82, 2.24) is 0 Å². The maximum absolute atomic E-state index is 10.9. The van der Waals surface area contributed by atoms with Crippen LogP contribution in [0, 0.1) is 0 Å². The van der Waals surface area contributed by atoms with E-state index < -0.39 is 6.04 Å². The monoisotopic (exact) mass is 202 g/mol. The van der Waals surface area contributed by atoms with Crippen LogP contribution in [0.1, 0.15) is 19.3 Å². The van der Waals surface area contributed by atoms with Gasteiger partial charge in [-0.05, 0) is 19.3 Å². The van der Waals surface area contributed by atoms with Crippen molar-refractivity contribution >= 4 is 11.9 Å². The molecule has 0 aliphatic carbocycles. The summed E-state index contributed by atoms with van der Waals surface area (Å²) < 4.78 is 4.48. The molecule has 0 saturated heterocycles. The van der Waals surface area contributed by atoms with Crippen LogP contribution in [0.4, 0.5) is 0 Å². The number of unbranched alkanes of at least 4 members (excludes halogenated alkanes) is 1. The number of nitrogens with zero attached hydrogens (tertiary/aromatic N) is 1. The molecule has 0 aliphatic heterocycles. The van der Waals surface area contributed by atoms with Crippen LogP contribution in [-0.4, -0.2) is 31.6 Å². The molecule has 1 atom stereocenters. The summed E-state index contributed by atoms with van der Waals surface area (Å²) in [5.41, 5.74) is 15.8. The van der Waals surface area contributed by atoms with Crippen molar-refractivity contribution in [3.63, 3.8) is 0 Å². The molecule has 82 valence electrons. The van der Waals surface area contributed by atoms with E-state index in [-0.39, 0.29) is 11.9 Å². The second-order valence-electron chi connectivity index (χ2n) is 2.93. The summed E-state index contributed by atoms with van der Waals surface area (Å²) in [5.74, 6) is -0.297. The smallest absolute Gasteiger partial charge is 0.322 e. The zero-order chi connectivity index (χ0) is 11.0. The van der Waals surface area contributed by atoms with Crippen LogP contribution in [0.5, 0.6) is 0 Å². The average molecular weight is 202 g/mol. The lowest BCUT2D eigenvalue weighted by Crippen LogP contribution is -2.31. The second-order valence-corrected chi connectivity index (χ2v) is 2.93. The van der Waals surface area contributed by atoms with Crippen molar-refractivity contribution in [2.45, 2.75) is 25.3 Å². The number of rotatable bonds is 6. The molecule has 0 aromatic heterocycles. The Morgan fingerprint density at radius 1 is 1.43 bits per heavy atom. The molecule has 0 heterocycles. The summed E-state index contributed by atoms with van der Waals surface area (Å²) >= 11 is 0. The van der Waals surface area contributed by atoms with E-state index in [0.717, 1.165) is 12.8 Å². The van der Waals surface area contributed by atoms with Gasteiger partial charge >= 0.3 is 5.97 Å². The summed E-state index contributed by atoms with van der Waals surface area (Å²) in [6.07, 6.45) is 2.20. The first-order valence-corrected chi connectivity index (χ1v) is 4.46. The topological polar surface area (TPSA) is 117 Å². The molecule has 0 radical (unpaired) electrons. The third kappa shape index (κ3) is 6.24. The molecule has 14 heavy (non-hydrogen) atoms. The number of esters is 1. The molecule has 6 heteroatoms. The predicted octanol–water partition coefficient (Wildman–Crippen LogP) is -1.07. The number of aliphatic imine (C=N–C) groups is 1. The first-order valence-electron chi connectivity index (χ1n) is 4.46. The highest BCUT2D eigenvalue weighted by Crippen LogP contribution is 2.00. The van der Waals surface area contributed by atoms with Crippen LogP contribution >= 0.6 is 0 Å². The zero-order valence-corrected chi connectivity index (χ0v) is 8.40. The van der Waals surface area contributed by atoms with Gasteiger partial charge in [-0.2, -0.15) is 0 Å². The molecular weight excluding hydrogens is 184 g/mol. The maximum Gasteiger partial charge on any atom is 0.322 e. The number of nitrogens with two attached hydrogens (primary N) is 3. The number of guanidine groups is 1. The highest BCUT2D eigenvalue weighted by atomic mass is 16.5. The fourth-order valence-corrected chi connectivity index (χ4v) is 0.953. The fourth-order valence-electron chi connectivity index (χ4n) is 0.953. The van der Waals surface area contributed by atoms with Gasteiger partial charge in [-0.3, -0.25) is 9.79 Å². The summed E-state index contributed by atoms with van der Waals surface area (Å²) in [6, 6.07) is -0.542. The highest BCUT2D eigenvalue weighted by Gasteiger charge is 2.12. The largest absolute Gasteiger partial charge is 0.468 e. The molecule has 0 aromatic carbocycles. The fraction of sp³-hybridized carbons (Fsp3) is 0.750. The van der Waals surface area contributed by atoms with Gasteiger partial charge in [0.25, 0.3) is 0 Å². The summed E-state index contributed by atoms with van der Waals surface area (Å²) in [7, 11) is 1.32. The number of carbonyl (C=O) groups excluding carboxylic acids is 1. The van der Waals surface area contributed by atoms with Crippen molar-refractivity contribution in [2.75, 3.05) is 13.7 Å². The summed E-state index contributed by atoms with van der Waals surface area (Å²) in [5, 5.41) is 0. The molecule has 0 unspecified atom stereocenters. The lowest BCUT2D eigenvalue weighted by Gasteiger charge is -2.07. The molecule has 0 spiro atoms. The van der Waals surface area contributed by atoms with E-state index in [1.54, 1.807) is 0 Å². The minimum Gasteiger partial charge on any atom is -0.468 e. The number of hydrogen-bond acceptors (Lipinski definition) is 4. The summed E-state index contributed by atoms with van der Waals surface area (Å²) in [4.78, 5) is 14.7. The minimum atomic E-state index is -0.542. The Balaban J connectivity index is 3.45. The molecule has 0 bridgehead atoms. The van der Waals surface area contributed by atoms with Gasteiger partial charge < -0.3 is 21.9 Å². The first kappa shape index (κ1) is 12.7. The number of carbonyl (C=O) groups is 1. The van der Waals surface area contributed by atoms with Crippen LogP contribution in [0.25, 0.3) is 0 Å². The lowest BCUT2D eigenvalue weighted by molar-refractivity contribution is -0.142. The van der Waals surface area contributed by atoms with Crippen LogP contribution in [-0.2, 0) is 9.53 Å². The zero-order valence-electron chi connectivity index (χ0n) is 8.40. The van der Waals surface area contributed by atoms with Gasteiger partial charge in [-0.25, -0.2) is 0 Å². The van der Waals surface area contributed by atoms with E-state index in [0.29, 0.717) is 13.0 Å². The molecule has 6 N–H and O–H groups in total. The van der Waals surface area contributed by atoms with E-state index in [9.17, 15) is 4.79 Å². The minimum absolute atomic E-state index is 0.0854. The van der Waals surface area contributed by atoms with Gasteiger partial charge in [-0.15, -0.1) is 0 Å². The first-order chi connectivity index (χ1) is 6.57. The molecule has 0 aliphatic rings. The standard InChI is InChI=1S/C8H18N4O2/c1-14-7(13)6(9)4-2-3-5-12-8(10)11/h6H,2-5,9H2,1H3,(H4,10,11,12)/t6-/m0/s1. The number of methoxy groups -OCH3 is 1.